The molecule has 1 saturated heterocycles. The average Bonchev–Trinajstić information content (AvgIpc) is 3.12. The standard InChI is InChI=1S/C10H16N5O14P3/c11-10-13-7-4(8(18)14-10)12-2-15(7)9-6(17)5(16)3(27-9)1-26-31(22,23)29-32(24,25)28-30(19,20)21/h2-3,5-6,9,16-17H,1H2,(H,22,23)(H,24,25)(H2,19,20,21)(H3,11,13,14,18)/t3-,5+,6?,9-/m1/s1/i1+1,2+1,3+1,4+1,5+1,6+1,7+1,8+1,9+1,10+1. The van der Waals surface area contributed by atoms with E-state index in [0.29, 0.717) is 0 Å². The number of aromatic nitrogens is 4. The van der Waals surface area contributed by atoms with Crippen LogP contribution in [0.3, 0.4) is 0 Å². The summed E-state index contributed by atoms with van der Waals surface area (Å²) in [6.07, 6.45) is -5.33. The Morgan fingerprint density at radius 3 is 2.41 bits per heavy atom. The van der Waals surface area contributed by atoms with Gasteiger partial charge in [-0.3, -0.25) is 18.9 Å². The van der Waals surface area contributed by atoms with Crippen LogP contribution in [0, 0.1) is 0 Å². The lowest BCUT2D eigenvalue weighted by Gasteiger charge is -2.19. The number of nitrogens with two attached hydrogens (primary N) is 1. The molecule has 9 N–H and O–H groups in total. The van der Waals surface area contributed by atoms with Gasteiger partial charge in [-0.25, -0.2) is 18.7 Å². The summed E-state index contributed by atoms with van der Waals surface area (Å²) in [5, 5.41) is 20.4. The van der Waals surface area contributed by atoms with Crippen molar-refractivity contribution in [2.24, 2.45) is 0 Å². The van der Waals surface area contributed by atoms with Crippen LogP contribution in [0.15, 0.2) is 11.1 Å². The third-order valence-electron chi connectivity index (χ3n) is 3.88. The van der Waals surface area contributed by atoms with Crippen LogP contribution in [-0.2, 0) is 31.6 Å². The molecule has 3 unspecified atom stereocenters. The number of nitrogen functional groups attached to an aromatic ring is 1. The number of phosphoric ester groups is 1. The number of ether oxygens (including phenoxy) is 1. The van der Waals surface area contributed by atoms with Crippen molar-refractivity contribution in [1.82, 2.24) is 19.5 Å². The van der Waals surface area contributed by atoms with E-state index in [1.807, 2.05) is 0 Å². The van der Waals surface area contributed by atoms with Crippen LogP contribution in [0.4, 0.5) is 5.95 Å². The van der Waals surface area contributed by atoms with Crippen LogP contribution in [0.1, 0.15) is 6.23 Å². The molecule has 180 valence electrons. The summed E-state index contributed by atoms with van der Waals surface area (Å²) in [5.41, 5.74) is 4.50. The molecule has 0 spiro atoms. The van der Waals surface area contributed by atoms with Gasteiger partial charge >= 0.3 is 23.5 Å². The summed E-state index contributed by atoms with van der Waals surface area (Å²) < 4.78 is 51.6. The molecule has 0 radical (unpaired) electrons. The number of nitrogens with zero attached hydrogens (tertiary/aromatic N) is 3. The number of hydrogen-bond acceptors (Lipinski definition) is 13. The molecule has 0 amide bonds. The molecule has 3 heterocycles. The van der Waals surface area contributed by atoms with Crippen molar-refractivity contribution in [2.75, 3.05) is 12.3 Å². The second-order valence-electron chi connectivity index (χ2n) is 6.21. The van der Waals surface area contributed by atoms with Gasteiger partial charge in [-0.05, 0) is 0 Å². The van der Waals surface area contributed by atoms with E-state index in [4.69, 9.17) is 25.2 Å². The Morgan fingerprint density at radius 2 is 1.78 bits per heavy atom. The number of H-pyrrole nitrogens is 1. The quantitative estimate of drug-likeness (QED) is 0.130. The number of aliphatic hydroxyl groups is 2. The van der Waals surface area contributed by atoms with Gasteiger partial charge < -0.3 is 40.3 Å². The van der Waals surface area contributed by atoms with Gasteiger partial charge in [0.1, 0.15) is 18.3 Å². The fourth-order valence-corrected chi connectivity index (χ4v) is 5.73. The van der Waals surface area contributed by atoms with Crippen LogP contribution in [0.2, 0.25) is 0 Å². The molecule has 32 heavy (non-hydrogen) atoms. The van der Waals surface area contributed by atoms with Gasteiger partial charge in [0, 0.05) is 0 Å². The number of aliphatic hydroxyl groups excluding tert-OH is 2. The molecule has 0 aromatic carbocycles. The van der Waals surface area contributed by atoms with Gasteiger partial charge in [-0.1, -0.05) is 0 Å². The first-order valence-electron chi connectivity index (χ1n) is 8.11. The Balaban J connectivity index is 1.72. The van der Waals surface area contributed by atoms with E-state index in [2.05, 4.69) is 28.1 Å². The third-order valence-corrected chi connectivity index (χ3v) is 7.68. The molecular weight excluding hydrogens is 517 g/mol. The molecule has 0 bridgehead atoms. The first kappa shape index (κ1) is 25.1. The van der Waals surface area contributed by atoms with Crippen LogP contribution in [-0.4, -0.2) is 74.2 Å². The summed E-state index contributed by atoms with van der Waals surface area (Å²) in [6, 6.07) is 0. The molecule has 3 rings (SSSR count). The number of phosphoric acid groups is 3. The first-order chi connectivity index (χ1) is 14.6. The molecule has 2 aromatic heterocycles. The van der Waals surface area contributed by atoms with E-state index >= 15 is 0 Å². The van der Waals surface area contributed by atoms with Crippen molar-refractivity contribution in [3.05, 3.63) is 16.7 Å². The summed E-state index contributed by atoms with van der Waals surface area (Å²) >= 11 is 0. The number of fused-ring (bicyclic) bond motifs is 1. The second kappa shape index (κ2) is 8.66. The Bertz CT molecular complexity index is 1210. The van der Waals surface area contributed by atoms with Crippen molar-refractivity contribution < 1.29 is 61.4 Å². The molecule has 22 heteroatoms. The third kappa shape index (κ3) is 5.67. The lowest BCUT2D eigenvalue weighted by molar-refractivity contribution is -0.0503. The van der Waals surface area contributed by atoms with Crippen molar-refractivity contribution in [1.29, 1.82) is 0 Å². The van der Waals surface area contributed by atoms with Gasteiger partial charge in [0.15, 0.2) is 17.4 Å². The number of anilines is 1. The fourth-order valence-electron chi connectivity index (χ4n) is 2.70. The average molecular weight is 533 g/mol. The number of nitrogens with one attached hydrogen (secondary N) is 1. The summed E-state index contributed by atoms with van der Waals surface area (Å²) in [4.78, 5) is 57.3. The lowest BCUT2D eigenvalue weighted by atomic mass is 11.1. The molecule has 1 aliphatic heterocycles. The van der Waals surface area contributed by atoms with E-state index in [1.165, 1.54) is 0 Å². The zero-order valence-electron chi connectivity index (χ0n) is 15.3. The number of imidazole rings is 1. The van der Waals surface area contributed by atoms with E-state index in [-0.39, 0.29) is 17.1 Å². The van der Waals surface area contributed by atoms with Crippen LogP contribution in [0.5, 0.6) is 0 Å². The minimum Gasteiger partial charge on any atom is -0.387 e. The highest BCUT2D eigenvalue weighted by atomic mass is 31.3. The molecule has 6 atom stereocenters. The van der Waals surface area contributed by atoms with E-state index in [0.717, 1.165) is 10.9 Å². The van der Waals surface area contributed by atoms with E-state index in [9.17, 15) is 33.6 Å². The fraction of sp³-hybridized carbons (Fsp3) is 0.500. The minimum absolute atomic E-state index is 0.115. The van der Waals surface area contributed by atoms with Crippen LogP contribution >= 0.6 is 23.5 Å². The zero-order valence-corrected chi connectivity index (χ0v) is 18.0. The number of hydrogen-bond donors (Lipinski definition) is 8. The maximum atomic E-state index is 11.9. The molecule has 0 saturated carbocycles. The first-order valence-corrected chi connectivity index (χ1v) is 12.6. The van der Waals surface area contributed by atoms with Gasteiger partial charge in [0.05, 0.1) is 12.9 Å². The van der Waals surface area contributed by atoms with Gasteiger partial charge in [0.25, 0.3) is 5.56 Å². The van der Waals surface area contributed by atoms with Crippen molar-refractivity contribution >= 4 is 40.6 Å². The van der Waals surface area contributed by atoms with Crippen molar-refractivity contribution in [3.8, 4) is 0 Å². The predicted octanol–water partition coefficient (Wildman–Crippen LogP) is -2.34. The molecular formula is C10H16N5O14P3. The lowest BCUT2D eigenvalue weighted by Crippen LogP contribution is -2.33. The van der Waals surface area contributed by atoms with Gasteiger partial charge in [-0.15, -0.1) is 0 Å². The highest BCUT2D eigenvalue weighted by Crippen LogP contribution is 2.66. The SMILES string of the molecule is N[13c]1n[13c]2[13c](n[13cH]n2[13C@@H]2O[13C@H]([13CH2]OP(=O)(O)OP(=O)(O)OP(=O)(O)O)[13C@H](O)[13CH]2O)[13c](=O)[nH]1. The van der Waals surface area contributed by atoms with Crippen LogP contribution in [0.25, 0.3) is 11.2 Å². The smallest absolute Gasteiger partial charge is 0.387 e. The Morgan fingerprint density at radius 1 is 1.12 bits per heavy atom. The van der Waals surface area contributed by atoms with E-state index < -0.39 is 60.2 Å². The summed E-state index contributed by atoms with van der Waals surface area (Å²) in [7, 11) is -16.8. The maximum Gasteiger partial charge on any atom is 0.490 e. The largest absolute Gasteiger partial charge is 0.490 e. The number of rotatable bonds is 8. The predicted molar refractivity (Wildman–Crippen MR) is 98.3 cm³/mol. The molecule has 2 aromatic rings. The second-order valence-corrected chi connectivity index (χ2v) is 10.6. The normalized spacial score (nSPS) is 27.9. The Labute approximate surface area is 175 Å². The summed E-state index contributed by atoms with van der Waals surface area (Å²) in [6.45, 7) is -1.01. The van der Waals surface area contributed by atoms with Crippen molar-refractivity contribution in [3.63, 3.8) is 0 Å². The maximum absolute atomic E-state index is 11.9. The molecule has 1 aliphatic rings. The highest BCUT2D eigenvalue weighted by molar-refractivity contribution is 7.66. The molecule has 1 fully saturated rings. The van der Waals surface area contributed by atoms with Crippen molar-refractivity contribution in [2.45, 2.75) is 24.5 Å². The zero-order chi connectivity index (χ0) is 24.1. The highest BCUT2D eigenvalue weighted by Gasteiger charge is 2.47. The number of aromatic amines is 1. The van der Waals surface area contributed by atoms with E-state index in [1.54, 1.807) is 0 Å². The van der Waals surface area contributed by atoms with Gasteiger partial charge in [-0.2, -0.15) is 13.6 Å². The summed E-state index contributed by atoms with van der Waals surface area (Å²) in [5.74, 6) is -0.276. The van der Waals surface area contributed by atoms with Gasteiger partial charge in [0.2, 0.25) is 5.95 Å². The monoisotopic (exact) mass is 533 g/mol. The Kier molecular flexibility index (Phi) is 6.78. The minimum atomic E-state index is -5.73. The van der Waals surface area contributed by atoms with Crippen LogP contribution < -0.4 is 11.3 Å². The topological polar surface area (TPSA) is 299 Å². The Hall–Kier alpha value is -1.56. The molecule has 19 nitrogen and oxygen atoms in total. The molecule has 0 aliphatic carbocycles.